The number of benzene rings is 2. The van der Waals surface area contributed by atoms with Gasteiger partial charge < -0.3 is 10.1 Å². The second kappa shape index (κ2) is 7.22. The van der Waals surface area contributed by atoms with Gasteiger partial charge in [-0.15, -0.1) is 0 Å². The summed E-state index contributed by atoms with van der Waals surface area (Å²) >= 11 is 0. The van der Waals surface area contributed by atoms with Crippen LogP contribution in [0.1, 0.15) is 24.5 Å². The van der Waals surface area contributed by atoms with Crippen LogP contribution in [0.25, 0.3) is 0 Å². The number of halogens is 2. The summed E-state index contributed by atoms with van der Waals surface area (Å²) in [6.07, 6.45) is -0.345. The number of nitrogens with one attached hydrogen (secondary N) is 1. The molecule has 0 aromatic heterocycles. The Hall–Kier alpha value is -2.43. The largest absolute Gasteiger partial charge is 0.480 e. The van der Waals surface area contributed by atoms with Crippen molar-refractivity contribution < 1.29 is 18.3 Å². The Labute approximate surface area is 134 Å². The van der Waals surface area contributed by atoms with Crippen LogP contribution in [-0.2, 0) is 4.79 Å². The van der Waals surface area contributed by atoms with E-state index in [0.29, 0.717) is 12.2 Å². The minimum Gasteiger partial charge on any atom is -0.480 e. The van der Waals surface area contributed by atoms with Gasteiger partial charge in [-0.05, 0) is 49.6 Å². The second-order valence-electron chi connectivity index (χ2n) is 5.40. The minimum absolute atomic E-state index is 0.0700. The highest BCUT2D eigenvalue weighted by Gasteiger charge is 2.20. The van der Waals surface area contributed by atoms with E-state index in [2.05, 4.69) is 5.32 Å². The van der Waals surface area contributed by atoms with Crippen LogP contribution in [0, 0.1) is 25.5 Å². The van der Waals surface area contributed by atoms with E-state index >= 15 is 0 Å². The van der Waals surface area contributed by atoms with E-state index in [-0.39, 0.29) is 5.69 Å². The molecule has 23 heavy (non-hydrogen) atoms. The molecule has 0 aliphatic heterocycles. The summed E-state index contributed by atoms with van der Waals surface area (Å²) in [5.41, 5.74) is 1.86. The molecule has 2 aromatic carbocycles. The molecule has 2 aromatic rings. The fourth-order valence-electron chi connectivity index (χ4n) is 2.11. The van der Waals surface area contributed by atoms with E-state index < -0.39 is 23.6 Å². The first-order chi connectivity index (χ1) is 10.9. The lowest BCUT2D eigenvalue weighted by molar-refractivity contribution is -0.122. The van der Waals surface area contributed by atoms with Crippen molar-refractivity contribution in [2.45, 2.75) is 33.3 Å². The third-order valence-corrected chi connectivity index (χ3v) is 3.47. The van der Waals surface area contributed by atoms with Crippen molar-refractivity contribution >= 4 is 11.6 Å². The van der Waals surface area contributed by atoms with Crippen molar-refractivity contribution in [1.29, 1.82) is 0 Å². The summed E-state index contributed by atoms with van der Waals surface area (Å²) < 4.78 is 32.3. The highest BCUT2D eigenvalue weighted by Crippen LogP contribution is 2.22. The summed E-state index contributed by atoms with van der Waals surface area (Å²) in [7, 11) is 0. The van der Waals surface area contributed by atoms with Gasteiger partial charge in [-0.2, -0.15) is 0 Å². The third-order valence-electron chi connectivity index (χ3n) is 3.47. The molecule has 5 heteroatoms. The quantitative estimate of drug-likeness (QED) is 0.888. The molecule has 0 unspecified atom stereocenters. The van der Waals surface area contributed by atoms with Crippen LogP contribution in [0.2, 0.25) is 0 Å². The van der Waals surface area contributed by atoms with E-state index in [1.54, 1.807) is 6.92 Å². The van der Waals surface area contributed by atoms with Gasteiger partial charge in [-0.1, -0.05) is 19.1 Å². The summed E-state index contributed by atoms with van der Waals surface area (Å²) in [5, 5.41) is 2.44. The maximum Gasteiger partial charge on any atom is 0.265 e. The average molecular weight is 319 g/mol. The molecule has 0 fully saturated rings. The van der Waals surface area contributed by atoms with Crippen molar-refractivity contribution in [3.05, 3.63) is 59.2 Å². The fourth-order valence-corrected chi connectivity index (χ4v) is 2.11. The molecule has 2 rings (SSSR count). The van der Waals surface area contributed by atoms with Gasteiger partial charge in [0.15, 0.2) is 6.10 Å². The topological polar surface area (TPSA) is 38.3 Å². The summed E-state index contributed by atoms with van der Waals surface area (Å²) in [4.78, 5) is 12.3. The summed E-state index contributed by atoms with van der Waals surface area (Å²) in [6.45, 7) is 5.62. The lowest BCUT2D eigenvalue weighted by Gasteiger charge is -2.19. The summed E-state index contributed by atoms with van der Waals surface area (Å²) in [6, 6.07) is 8.72. The SMILES string of the molecule is CC[C@H](Oc1cc(C)ccc1C)C(=O)Nc1ccc(F)cc1F. The van der Waals surface area contributed by atoms with Crippen LogP contribution in [-0.4, -0.2) is 12.0 Å². The molecule has 1 amide bonds. The lowest BCUT2D eigenvalue weighted by atomic mass is 10.1. The minimum atomic E-state index is -0.820. The second-order valence-corrected chi connectivity index (χ2v) is 5.40. The Morgan fingerprint density at radius 3 is 2.57 bits per heavy atom. The average Bonchev–Trinajstić information content (AvgIpc) is 2.50. The first-order valence-electron chi connectivity index (χ1n) is 7.40. The number of hydrogen-bond acceptors (Lipinski definition) is 2. The number of anilines is 1. The number of aryl methyl sites for hydroxylation is 2. The molecule has 0 heterocycles. The fraction of sp³-hybridized carbons (Fsp3) is 0.278. The lowest BCUT2D eigenvalue weighted by Crippen LogP contribution is -2.32. The Bertz CT molecular complexity index is 716. The molecule has 122 valence electrons. The van der Waals surface area contributed by atoms with Crippen LogP contribution in [0.3, 0.4) is 0 Å². The van der Waals surface area contributed by atoms with Gasteiger partial charge in [-0.25, -0.2) is 8.78 Å². The van der Waals surface area contributed by atoms with Gasteiger partial charge in [-0.3, -0.25) is 4.79 Å². The number of ether oxygens (including phenoxy) is 1. The van der Waals surface area contributed by atoms with Crippen LogP contribution in [0.4, 0.5) is 14.5 Å². The van der Waals surface area contributed by atoms with Crippen molar-refractivity contribution in [2.75, 3.05) is 5.32 Å². The van der Waals surface area contributed by atoms with E-state index in [0.717, 1.165) is 23.3 Å². The van der Waals surface area contributed by atoms with Gasteiger partial charge in [0, 0.05) is 6.07 Å². The van der Waals surface area contributed by atoms with Gasteiger partial charge in [0.2, 0.25) is 0 Å². The van der Waals surface area contributed by atoms with E-state index in [4.69, 9.17) is 4.74 Å². The van der Waals surface area contributed by atoms with Crippen molar-refractivity contribution in [3.8, 4) is 5.75 Å². The molecule has 3 nitrogen and oxygen atoms in total. The van der Waals surface area contributed by atoms with Crippen molar-refractivity contribution in [3.63, 3.8) is 0 Å². The number of rotatable bonds is 5. The van der Waals surface area contributed by atoms with Gasteiger partial charge in [0.25, 0.3) is 5.91 Å². The normalized spacial score (nSPS) is 11.9. The van der Waals surface area contributed by atoms with Gasteiger partial charge in [0.1, 0.15) is 17.4 Å². The zero-order valence-corrected chi connectivity index (χ0v) is 13.3. The zero-order valence-electron chi connectivity index (χ0n) is 13.3. The Kier molecular flexibility index (Phi) is 5.32. The van der Waals surface area contributed by atoms with Crippen LogP contribution < -0.4 is 10.1 Å². The maximum absolute atomic E-state index is 13.6. The number of hydrogen-bond donors (Lipinski definition) is 1. The van der Waals surface area contributed by atoms with Gasteiger partial charge >= 0.3 is 0 Å². The highest BCUT2D eigenvalue weighted by molar-refractivity contribution is 5.94. The van der Waals surface area contributed by atoms with Crippen molar-refractivity contribution in [2.24, 2.45) is 0 Å². The highest BCUT2D eigenvalue weighted by atomic mass is 19.1. The molecule has 0 aliphatic carbocycles. The van der Waals surface area contributed by atoms with Crippen molar-refractivity contribution in [1.82, 2.24) is 0 Å². The number of amides is 1. The van der Waals surface area contributed by atoms with E-state index in [1.807, 2.05) is 32.0 Å². The first-order valence-corrected chi connectivity index (χ1v) is 7.40. The molecule has 0 saturated carbocycles. The number of carbonyl (C=O) groups is 1. The maximum atomic E-state index is 13.6. The molecule has 0 spiro atoms. The third kappa shape index (κ3) is 4.28. The standard InChI is InChI=1S/C18H19F2NO2/c1-4-16(23-17-9-11(2)5-6-12(17)3)18(22)21-15-8-7-13(19)10-14(15)20/h5-10,16H,4H2,1-3H3,(H,21,22)/t16-/m0/s1. The molecular formula is C18H19F2NO2. The molecule has 0 radical (unpaired) electrons. The summed E-state index contributed by atoms with van der Waals surface area (Å²) in [5.74, 6) is -1.37. The zero-order chi connectivity index (χ0) is 17.0. The Balaban J connectivity index is 2.13. The first kappa shape index (κ1) is 16.9. The Morgan fingerprint density at radius 1 is 1.17 bits per heavy atom. The smallest absolute Gasteiger partial charge is 0.265 e. The van der Waals surface area contributed by atoms with Gasteiger partial charge in [0.05, 0.1) is 5.69 Å². The van der Waals surface area contributed by atoms with Crippen LogP contribution in [0.5, 0.6) is 5.75 Å². The monoisotopic (exact) mass is 319 g/mol. The number of carbonyl (C=O) groups excluding carboxylic acids is 1. The predicted molar refractivity (Wildman–Crippen MR) is 85.6 cm³/mol. The van der Waals surface area contributed by atoms with Crippen LogP contribution >= 0.6 is 0 Å². The van der Waals surface area contributed by atoms with E-state index in [9.17, 15) is 13.6 Å². The molecule has 1 atom stereocenters. The molecule has 1 N–H and O–H groups in total. The van der Waals surface area contributed by atoms with E-state index in [1.165, 1.54) is 6.07 Å². The Morgan fingerprint density at radius 2 is 1.91 bits per heavy atom. The molecule has 0 saturated heterocycles. The molecule has 0 aliphatic rings. The predicted octanol–water partition coefficient (Wildman–Crippen LogP) is 4.38. The van der Waals surface area contributed by atoms with Crippen LogP contribution in [0.15, 0.2) is 36.4 Å². The molecular weight excluding hydrogens is 300 g/mol. The molecule has 0 bridgehead atoms.